The number of hydrogen-bond donors (Lipinski definition) is 3. The number of aromatic nitrogens is 2. The van der Waals surface area contributed by atoms with Crippen molar-refractivity contribution in [1.82, 2.24) is 20.2 Å². The predicted molar refractivity (Wildman–Crippen MR) is 169 cm³/mol. The van der Waals surface area contributed by atoms with Crippen molar-refractivity contribution in [1.29, 1.82) is 0 Å². The Morgan fingerprint density at radius 1 is 1.02 bits per heavy atom. The third kappa shape index (κ3) is 7.00. The number of ether oxygens (including phenoxy) is 1. The molecule has 4 heterocycles. The van der Waals surface area contributed by atoms with Gasteiger partial charge in [0.15, 0.2) is 5.82 Å². The number of halogens is 2. The number of rotatable bonds is 9. The molecule has 11 nitrogen and oxygen atoms in total. The van der Waals surface area contributed by atoms with Crippen LogP contribution in [0, 0.1) is 11.6 Å². The monoisotopic (exact) mass is 620 g/mol. The summed E-state index contributed by atoms with van der Waals surface area (Å²) in [6, 6.07) is 8.99. The lowest BCUT2D eigenvalue weighted by atomic mass is 10.0. The van der Waals surface area contributed by atoms with Crippen molar-refractivity contribution in [2.45, 2.75) is 31.3 Å². The second-order valence-electron chi connectivity index (χ2n) is 11.3. The van der Waals surface area contributed by atoms with Crippen molar-refractivity contribution in [3.05, 3.63) is 72.6 Å². The second kappa shape index (κ2) is 13.8. The van der Waals surface area contributed by atoms with Gasteiger partial charge in [-0.3, -0.25) is 14.5 Å². The first-order valence-electron chi connectivity index (χ1n) is 15.2. The average Bonchev–Trinajstić information content (AvgIpc) is 3.56. The molecule has 45 heavy (non-hydrogen) atoms. The highest BCUT2D eigenvalue weighted by molar-refractivity contribution is 6.02. The van der Waals surface area contributed by atoms with E-state index in [1.54, 1.807) is 18.2 Å². The van der Waals surface area contributed by atoms with E-state index in [2.05, 4.69) is 42.3 Å². The van der Waals surface area contributed by atoms with Gasteiger partial charge in [-0.2, -0.15) is 0 Å². The van der Waals surface area contributed by atoms with E-state index in [9.17, 15) is 13.6 Å². The number of hydrogen-bond acceptors (Lipinski definition) is 10. The van der Waals surface area contributed by atoms with Crippen LogP contribution in [0.5, 0.6) is 5.75 Å². The Kier molecular flexibility index (Phi) is 9.38. The van der Waals surface area contributed by atoms with Gasteiger partial charge < -0.3 is 25.6 Å². The highest BCUT2D eigenvalue weighted by Crippen LogP contribution is 2.40. The minimum absolute atomic E-state index is 0.321. The standard InChI is InChI=1S/C32H38F2N8O3/c1-3-32(43)39-25-17-26(29(44-2)18-28(25)41-9-4-24(5-10-41)40-11-7-35-8-12-40)38-30-19-31(37-20-36-30)42-27(6-13-45-42)21-14-22(33)16-23(34)15-21/h3,14-20,24,27,35H,1,4-13H2,2H3,(H,39,43)(H,36,37,38). The number of carbonyl (C=O) groups excluding carboxylic acids is 1. The van der Waals surface area contributed by atoms with Crippen LogP contribution < -0.4 is 30.7 Å². The maximum atomic E-state index is 14.0. The molecule has 0 radical (unpaired) electrons. The third-order valence-corrected chi connectivity index (χ3v) is 8.55. The van der Waals surface area contributed by atoms with Crippen molar-refractivity contribution < 1.29 is 23.1 Å². The highest BCUT2D eigenvalue weighted by Gasteiger charge is 2.31. The van der Waals surface area contributed by atoms with Gasteiger partial charge in [-0.1, -0.05) is 6.58 Å². The average molecular weight is 621 g/mol. The molecule has 0 saturated carbocycles. The molecule has 1 aromatic heterocycles. The first kappa shape index (κ1) is 30.7. The molecule has 3 aliphatic rings. The molecule has 0 spiro atoms. The van der Waals surface area contributed by atoms with Gasteiger partial charge in [-0.15, -0.1) is 0 Å². The first-order valence-corrected chi connectivity index (χ1v) is 15.2. The zero-order valence-corrected chi connectivity index (χ0v) is 25.3. The summed E-state index contributed by atoms with van der Waals surface area (Å²) in [6.07, 6.45) is 5.22. The number of carbonyl (C=O) groups is 1. The van der Waals surface area contributed by atoms with E-state index in [1.807, 2.05) is 12.1 Å². The summed E-state index contributed by atoms with van der Waals surface area (Å²) in [5.74, 6) is -0.206. The number of piperidine rings is 1. The fraction of sp³-hybridized carbons (Fsp3) is 0.406. The molecule has 3 saturated heterocycles. The SMILES string of the molecule is C=CC(=O)Nc1cc(Nc2cc(N3OCCC3c3cc(F)cc(F)c3)ncn2)c(OC)cc1N1CCC(N2CCNCC2)CC1. The van der Waals surface area contributed by atoms with Crippen LogP contribution >= 0.6 is 0 Å². The van der Waals surface area contributed by atoms with E-state index < -0.39 is 17.7 Å². The van der Waals surface area contributed by atoms with Gasteiger partial charge in [0.2, 0.25) is 5.91 Å². The highest BCUT2D eigenvalue weighted by atomic mass is 19.1. The molecule has 1 unspecified atom stereocenters. The lowest BCUT2D eigenvalue weighted by Crippen LogP contribution is -2.52. The first-order chi connectivity index (χ1) is 21.9. The molecule has 2 aromatic carbocycles. The van der Waals surface area contributed by atoms with E-state index in [4.69, 9.17) is 9.57 Å². The number of hydroxylamine groups is 1. The molecule has 1 atom stereocenters. The Bertz CT molecular complexity index is 1510. The van der Waals surface area contributed by atoms with Gasteiger partial charge >= 0.3 is 0 Å². The van der Waals surface area contributed by atoms with Gasteiger partial charge in [0.25, 0.3) is 0 Å². The number of piperazine rings is 1. The molecule has 3 N–H and O–H groups in total. The Morgan fingerprint density at radius 2 is 1.78 bits per heavy atom. The number of amides is 1. The van der Waals surface area contributed by atoms with Crippen LogP contribution in [0.25, 0.3) is 0 Å². The summed E-state index contributed by atoms with van der Waals surface area (Å²) in [7, 11) is 1.59. The Morgan fingerprint density at radius 3 is 2.49 bits per heavy atom. The fourth-order valence-corrected chi connectivity index (χ4v) is 6.34. The van der Waals surface area contributed by atoms with Crippen molar-refractivity contribution >= 4 is 34.6 Å². The number of anilines is 5. The molecule has 1 amide bonds. The van der Waals surface area contributed by atoms with Gasteiger partial charge in [0.05, 0.1) is 36.8 Å². The zero-order chi connectivity index (χ0) is 31.3. The van der Waals surface area contributed by atoms with Crippen LogP contribution in [0.3, 0.4) is 0 Å². The largest absolute Gasteiger partial charge is 0.494 e. The lowest BCUT2D eigenvalue weighted by molar-refractivity contribution is -0.111. The number of methoxy groups -OCH3 is 1. The molecule has 13 heteroatoms. The maximum absolute atomic E-state index is 14.0. The lowest BCUT2D eigenvalue weighted by Gasteiger charge is -2.41. The van der Waals surface area contributed by atoms with Crippen molar-refractivity contribution in [3.63, 3.8) is 0 Å². The Labute approximate surface area is 261 Å². The number of benzene rings is 2. The normalized spacial score (nSPS) is 19.4. The van der Waals surface area contributed by atoms with Crippen molar-refractivity contribution in [2.24, 2.45) is 0 Å². The molecule has 3 fully saturated rings. The van der Waals surface area contributed by atoms with Crippen LogP contribution in [0.4, 0.5) is 37.5 Å². The van der Waals surface area contributed by atoms with Crippen molar-refractivity contribution in [3.8, 4) is 5.75 Å². The smallest absolute Gasteiger partial charge is 0.247 e. The molecule has 238 valence electrons. The van der Waals surface area contributed by atoms with Crippen LogP contribution in [-0.4, -0.2) is 79.8 Å². The Hall–Kier alpha value is -4.33. The summed E-state index contributed by atoms with van der Waals surface area (Å²) in [6.45, 7) is 9.87. The van der Waals surface area contributed by atoms with Crippen LogP contribution in [-0.2, 0) is 9.63 Å². The van der Waals surface area contributed by atoms with Crippen LogP contribution in [0.1, 0.15) is 30.9 Å². The molecule has 3 aromatic rings. The van der Waals surface area contributed by atoms with E-state index in [0.29, 0.717) is 53.4 Å². The van der Waals surface area contributed by atoms with Gasteiger partial charge in [0, 0.05) is 69.9 Å². The molecule has 3 aliphatic heterocycles. The van der Waals surface area contributed by atoms with Gasteiger partial charge in [-0.25, -0.2) is 23.8 Å². The Balaban J connectivity index is 1.24. The minimum atomic E-state index is -0.652. The summed E-state index contributed by atoms with van der Waals surface area (Å²) in [4.78, 5) is 31.9. The van der Waals surface area contributed by atoms with E-state index in [1.165, 1.54) is 24.5 Å². The zero-order valence-electron chi connectivity index (χ0n) is 25.3. The fourth-order valence-electron chi connectivity index (χ4n) is 6.34. The molecule has 6 rings (SSSR count). The van der Waals surface area contributed by atoms with Crippen LogP contribution in [0.15, 0.2) is 55.4 Å². The summed E-state index contributed by atoms with van der Waals surface area (Å²) >= 11 is 0. The van der Waals surface area contributed by atoms with Gasteiger partial charge in [-0.05, 0) is 42.7 Å². The van der Waals surface area contributed by atoms with E-state index in [-0.39, 0.29) is 5.91 Å². The molecule has 0 aliphatic carbocycles. The molecular formula is C32H38F2N8O3. The molecule has 0 bridgehead atoms. The summed E-state index contributed by atoms with van der Waals surface area (Å²) in [5.41, 5.74) is 2.52. The minimum Gasteiger partial charge on any atom is -0.494 e. The van der Waals surface area contributed by atoms with Crippen LogP contribution in [0.2, 0.25) is 0 Å². The van der Waals surface area contributed by atoms with E-state index in [0.717, 1.165) is 63.9 Å². The quantitative estimate of drug-likeness (QED) is 0.298. The van der Waals surface area contributed by atoms with Gasteiger partial charge in [0.1, 0.15) is 29.5 Å². The molecular weight excluding hydrogens is 582 g/mol. The third-order valence-electron chi connectivity index (χ3n) is 8.55. The number of nitrogens with zero attached hydrogens (tertiary/aromatic N) is 5. The van der Waals surface area contributed by atoms with Crippen molar-refractivity contribution in [2.75, 3.05) is 73.6 Å². The van der Waals surface area contributed by atoms with E-state index >= 15 is 0 Å². The maximum Gasteiger partial charge on any atom is 0.247 e. The second-order valence-corrected chi connectivity index (χ2v) is 11.3. The predicted octanol–water partition coefficient (Wildman–Crippen LogP) is 4.39. The number of nitrogens with one attached hydrogen (secondary N) is 3. The topological polar surface area (TPSA) is 107 Å². The summed E-state index contributed by atoms with van der Waals surface area (Å²) < 4.78 is 33.8. The summed E-state index contributed by atoms with van der Waals surface area (Å²) in [5, 5.41) is 11.2.